The molecule has 0 amide bonds. The molecule has 0 bridgehead atoms. The van der Waals surface area contributed by atoms with E-state index < -0.39 is 11.7 Å². The first kappa shape index (κ1) is 24.3. The van der Waals surface area contributed by atoms with E-state index in [4.69, 9.17) is 4.74 Å². The number of nitrogens with one attached hydrogen (secondary N) is 1. The van der Waals surface area contributed by atoms with E-state index in [1.165, 1.54) is 12.1 Å². The summed E-state index contributed by atoms with van der Waals surface area (Å²) in [6.45, 7) is 4.60. The number of hydrogen-bond acceptors (Lipinski definition) is 3. The number of likely N-dealkylation sites (tertiary alicyclic amines) is 1. The number of alkyl halides is 3. The molecule has 1 fully saturated rings. The molecule has 3 rings (SSSR count). The van der Waals surface area contributed by atoms with Crippen LogP contribution in [0.1, 0.15) is 24.9 Å². The number of imidazole rings is 1. The zero-order chi connectivity index (χ0) is 20.9. The van der Waals surface area contributed by atoms with E-state index in [0.717, 1.165) is 37.6 Å². The third-order valence-corrected chi connectivity index (χ3v) is 5.15. The van der Waals surface area contributed by atoms with Crippen LogP contribution in [-0.4, -0.2) is 53.7 Å². The van der Waals surface area contributed by atoms with Crippen molar-refractivity contribution in [3.8, 4) is 5.75 Å². The number of halogens is 4. The van der Waals surface area contributed by atoms with Gasteiger partial charge in [-0.2, -0.15) is 13.2 Å². The SMILES string of the molecule is CN=C(NCCOc1cccc(C(F)(F)F)c1)N1CCC(C)C(n2ccnc2)C1.I. The Balaban J connectivity index is 0.00000320. The lowest BCUT2D eigenvalue weighted by molar-refractivity contribution is -0.137. The molecule has 2 heterocycles. The smallest absolute Gasteiger partial charge is 0.416 e. The lowest BCUT2D eigenvalue weighted by Gasteiger charge is -2.39. The Morgan fingerprint density at radius 1 is 1.37 bits per heavy atom. The number of nitrogens with zero attached hydrogens (tertiary/aromatic N) is 4. The number of aliphatic imine (C=N–C) groups is 1. The molecule has 1 saturated heterocycles. The molecular formula is C20H27F3IN5O. The third kappa shape index (κ3) is 6.26. The van der Waals surface area contributed by atoms with Gasteiger partial charge in [0.1, 0.15) is 12.4 Å². The van der Waals surface area contributed by atoms with Gasteiger partial charge in [0.15, 0.2) is 5.96 Å². The molecule has 0 aliphatic carbocycles. The van der Waals surface area contributed by atoms with Crippen LogP contribution in [0.15, 0.2) is 48.0 Å². The molecule has 0 saturated carbocycles. The standard InChI is InChI=1S/C20H26F3N5O.HI/c1-15-6-9-27(13-18(15)28-10-7-25-14-28)19(24-2)26-8-11-29-17-5-3-4-16(12-17)20(21,22)23;/h3-5,7,10,12,14-15,18H,6,8-9,11,13H2,1-2H3,(H,24,26);1H. The third-order valence-electron chi connectivity index (χ3n) is 5.15. The number of aromatic nitrogens is 2. The molecule has 2 unspecified atom stereocenters. The number of hydrogen-bond donors (Lipinski definition) is 1. The fraction of sp³-hybridized carbons (Fsp3) is 0.500. The molecule has 1 aromatic heterocycles. The molecule has 10 heteroatoms. The van der Waals surface area contributed by atoms with Crippen molar-refractivity contribution in [2.24, 2.45) is 10.9 Å². The normalized spacial score (nSPS) is 19.9. The second kappa shape index (κ2) is 10.9. The highest BCUT2D eigenvalue weighted by atomic mass is 127. The molecule has 1 N–H and O–H groups in total. The van der Waals surface area contributed by atoms with Crippen molar-refractivity contribution in [2.75, 3.05) is 33.3 Å². The van der Waals surface area contributed by atoms with Crippen molar-refractivity contribution < 1.29 is 17.9 Å². The number of rotatable bonds is 5. The maximum Gasteiger partial charge on any atom is 0.416 e. The van der Waals surface area contributed by atoms with Crippen molar-refractivity contribution in [3.63, 3.8) is 0 Å². The Kier molecular flexibility index (Phi) is 8.80. The van der Waals surface area contributed by atoms with E-state index in [1.54, 1.807) is 13.2 Å². The summed E-state index contributed by atoms with van der Waals surface area (Å²) in [6, 6.07) is 5.21. The minimum Gasteiger partial charge on any atom is -0.492 e. The Hall–Kier alpha value is -1.98. The van der Waals surface area contributed by atoms with Crippen molar-refractivity contribution in [2.45, 2.75) is 25.6 Å². The second-order valence-corrected chi connectivity index (χ2v) is 7.14. The molecule has 30 heavy (non-hydrogen) atoms. The van der Waals surface area contributed by atoms with Crippen LogP contribution in [0.3, 0.4) is 0 Å². The van der Waals surface area contributed by atoms with Gasteiger partial charge in [0.2, 0.25) is 0 Å². The van der Waals surface area contributed by atoms with Crippen LogP contribution >= 0.6 is 24.0 Å². The zero-order valence-electron chi connectivity index (χ0n) is 17.0. The highest BCUT2D eigenvalue weighted by molar-refractivity contribution is 14.0. The molecule has 6 nitrogen and oxygen atoms in total. The van der Waals surface area contributed by atoms with E-state index >= 15 is 0 Å². The summed E-state index contributed by atoms with van der Waals surface area (Å²) in [6.07, 6.45) is 2.25. The molecule has 1 aliphatic rings. The molecule has 2 atom stereocenters. The van der Waals surface area contributed by atoms with E-state index in [-0.39, 0.29) is 36.3 Å². The summed E-state index contributed by atoms with van der Waals surface area (Å²) in [5, 5.41) is 3.24. The average molecular weight is 537 g/mol. The van der Waals surface area contributed by atoms with Crippen molar-refractivity contribution in [1.29, 1.82) is 0 Å². The summed E-state index contributed by atoms with van der Waals surface area (Å²) < 4.78 is 45.9. The first-order valence-electron chi connectivity index (χ1n) is 9.61. The molecule has 166 valence electrons. The van der Waals surface area contributed by atoms with Gasteiger partial charge in [0, 0.05) is 32.5 Å². The average Bonchev–Trinajstić information content (AvgIpc) is 3.23. The van der Waals surface area contributed by atoms with Gasteiger partial charge in [0.25, 0.3) is 0 Å². The predicted molar refractivity (Wildman–Crippen MR) is 120 cm³/mol. The Bertz CT molecular complexity index is 813. The van der Waals surface area contributed by atoms with Gasteiger partial charge in [0.05, 0.1) is 24.5 Å². The minimum atomic E-state index is -4.38. The van der Waals surface area contributed by atoms with Crippen LogP contribution in [0.4, 0.5) is 13.2 Å². The van der Waals surface area contributed by atoms with Crippen LogP contribution in [0.2, 0.25) is 0 Å². The Morgan fingerprint density at radius 2 is 2.17 bits per heavy atom. The number of guanidine groups is 1. The second-order valence-electron chi connectivity index (χ2n) is 7.14. The molecule has 2 aromatic rings. The summed E-state index contributed by atoms with van der Waals surface area (Å²) in [5.41, 5.74) is -0.716. The number of benzene rings is 1. The number of piperidine rings is 1. The van der Waals surface area contributed by atoms with E-state index in [2.05, 4.69) is 31.7 Å². The van der Waals surface area contributed by atoms with Crippen LogP contribution in [0, 0.1) is 5.92 Å². The van der Waals surface area contributed by atoms with Crippen LogP contribution < -0.4 is 10.1 Å². The fourth-order valence-electron chi connectivity index (χ4n) is 3.52. The summed E-state index contributed by atoms with van der Waals surface area (Å²) >= 11 is 0. The van der Waals surface area contributed by atoms with E-state index in [9.17, 15) is 13.2 Å². The van der Waals surface area contributed by atoms with Crippen LogP contribution in [0.25, 0.3) is 0 Å². The monoisotopic (exact) mass is 537 g/mol. The van der Waals surface area contributed by atoms with Gasteiger partial charge in [-0.3, -0.25) is 4.99 Å². The topological polar surface area (TPSA) is 54.7 Å². The van der Waals surface area contributed by atoms with Gasteiger partial charge in [-0.1, -0.05) is 13.0 Å². The molecule has 1 aliphatic heterocycles. The van der Waals surface area contributed by atoms with E-state index in [0.29, 0.717) is 18.5 Å². The Labute approximate surface area is 191 Å². The quantitative estimate of drug-likeness (QED) is 0.271. The maximum atomic E-state index is 12.8. The first-order valence-corrected chi connectivity index (χ1v) is 9.61. The van der Waals surface area contributed by atoms with Gasteiger partial charge >= 0.3 is 6.18 Å². The summed E-state index contributed by atoms with van der Waals surface area (Å²) in [5.74, 6) is 1.49. The first-order chi connectivity index (χ1) is 13.9. The zero-order valence-corrected chi connectivity index (χ0v) is 19.3. The van der Waals surface area contributed by atoms with Crippen molar-refractivity contribution in [3.05, 3.63) is 48.5 Å². The minimum absolute atomic E-state index is 0. The molecule has 0 radical (unpaired) electrons. The lowest BCUT2D eigenvalue weighted by atomic mass is 9.93. The van der Waals surface area contributed by atoms with Crippen molar-refractivity contribution in [1.82, 2.24) is 19.8 Å². The highest BCUT2D eigenvalue weighted by Gasteiger charge is 2.31. The largest absolute Gasteiger partial charge is 0.492 e. The van der Waals surface area contributed by atoms with Gasteiger partial charge in [-0.05, 0) is 30.5 Å². The lowest BCUT2D eigenvalue weighted by Crippen LogP contribution is -2.49. The summed E-state index contributed by atoms with van der Waals surface area (Å²) in [4.78, 5) is 10.7. The van der Waals surface area contributed by atoms with Gasteiger partial charge in [-0.25, -0.2) is 4.98 Å². The molecule has 0 spiro atoms. The molecule has 1 aromatic carbocycles. The predicted octanol–water partition coefficient (Wildman–Crippen LogP) is 4.06. The van der Waals surface area contributed by atoms with Gasteiger partial charge in [-0.15, -0.1) is 24.0 Å². The van der Waals surface area contributed by atoms with Gasteiger partial charge < -0.3 is 19.5 Å². The maximum absolute atomic E-state index is 12.8. The van der Waals surface area contributed by atoms with E-state index in [1.807, 2.05) is 12.5 Å². The fourth-order valence-corrected chi connectivity index (χ4v) is 3.52. The summed E-state index contributed by atoms with van der Waals surface area (Å²) in [7, 11) is 1.72. The van der Waals surface area contributed by atoms with Crippen LogP contribution in [-0.2, 0) is 6.18 Å². The highest BCUT2D eigenvalue weighted by Crippen LogP contribution is 2.31. The van der Waals surface area contributed by atoms with Crippen molar-refractivity contribution >= 4 is 29.9 Å². The number of ether oxygens (including phenoxy) is 1. The molecular weight excluding hydrogens is 510 g/mol. The van der Waals surface area contributed by atoms with Crippen LogP contribution in [0.5, 0.6) is 5.75 Å². The Morgan fingerprint density at radius 3 is 2.83 bits per heavy atom.